The molecule has 0 saturated heterocycles. The zero-order chi connectivity index (χ0) is 10.3. The van der Waals surface area contributed by atoms with Crippen LogP contribution in [0, 0.1) is 6.92 Å². The van der Waals surface area contributed by atoms with Crippen LogP contribution in [0.25, 0.3) is 0 Å². The van der Waals surface area contributed by atoms with Crippen LogP contribution in [0.4, 0.5) is 5.82 Å². The van der Waals surface area contributed by atoms with Crippen molar-refractivity contribution in [1.29, 1.82) is 0 Å². The number of hydrogen-bond donors (Lipinski definition) is 0. The number of imidazole rings is 1. The van der Waals surface area contributed by atoms with E-state index >= 15 is 0 Å². The molecule has 1 aliphatic heterocycles. The smallest absolute Gasteiger partial charge is 0.227 e. The van der Waals surface area contributed by atoms with Gasteiger partial charge < -0.3 is 4.57 Å². The molecule has 0 saturated carbocycles. The number of aryl methyl sites for hydroxylation is 1. The Balaban J connectivity index is 2.56. The predicted octanol–water partition coefficient (Wildman–Crippen LogP) is 1.60. The van der Waals surface area contributed by atoms with E-state index in [1.54, 1.807) is 11.9 Å². The molecule has 0 aliphatic carbocycles. The van der Waals surface area contributed by atoms with Crippen LogP contribution in [-0.2, 0) is 11.3 Å². The Morgan fingerprint density at radius 1 is 1.50 bits per heavy atom. The summed E-state index contributed by atoms with van der Waals surface area (Å²) in [5.74, 6) is 1.70. The first-order valence-electron chi connectivity index (χ1n) is 4.60. The summed E-state index contributed by atoms with van der Waals surface area (Å²) in [4.78, 5) is 17.3. The molecule has 2 rings (SSSR count). The van der Waals surface area contributed by atoms with Crippen molar-refractivity contribution in [3.63, 3.8) is 0 Å². The molecule has 0 spiro atoms. The molecule has 1 aromatic heterocycles. The van der Waals surface area contributed by atoms with Gasteiger partial charge in [-0.1, -0.05) is 11.6 Å². The molecule has 76 valence electrons. The van der Waals surface area contributed by atoms with Crippen LogP contribution >= 0.6 is 11.6 Å². The zero-order valence-corrected chi connectivity index (χ0v) is 9.01. The summed E-state index contributed by atoms with van der Waals surface area (Å²) in [7, 11) is 1.74. The van der Waals surface area contributed by atoms with E-state index in [0.717, 1.165) is 24.6 Å². The molecule has 0 aromatic carbocycles. The zero-order valence-electron chi connectivity index (χ0n) is 8.25. The fourth-order valence-corrected chi connectivity index (χ4v) is 2.13. The standard InChI is InChI=1S/C9H12ClN3O/c1-6-11-8(10)9-12(2)7(14)4-3-5-13(6)9/h3-5H2,1-2H3. The van der Waals surface area contributed by atoms with Crippen molar-refractivity contribution in [3.05, 3.63) is 11.0 Å². The first kappa shape index (κ1) is 9.52. The van der Waals surface area contributed by atoms with Crippen LogP contribution in [0.5, 0.6) is 0 Å². The average molecular weight is 214 g/mol. The van der Waals surface area contributed by atoms with Crippen LogP contribution in [0.3, 0.4) is 0 Å². The molecule has 0 fully saturated rings. The molecule has 0 N–H and O–H groups in total. The molecule has 4 nitrogen and oxygen atoms in total. The number of amides is 1. The Kier molecular flexibility index (Phi) is 2.23. The number of fused-ring (bicyclic) bond motifs is 1. The predicted molar refractivity (Wildman–Crippen MR) is 54.6 cm³/mol. The maximum atomic E-state index is 11.6. The second-order valence-electron chi connectivity index (χ2n) is 3.48. The topological polar surface area (TPSA) is 38.1 Å². The molecular formula is C9H12ClN3O. The maximum absolute atomic E-state index is 11.6. The fraction of sp³-hybridized carbons (Fsp3) is 0.556. The van der Waals surface area contributed by atoms with Gasteiger partial charge in [-0.2, -0.15) is 0 Å². The third-order valence-electron chi connectivity index (χ3n) is 2.55. The van der Waals surface area contributed by atoms with Gasteiger partial charge in [0, 0.05) is 20.0 Å². The van der Waals surface area contributed by atoms with Crippen LogP contribution in [0.15, 0.2) is 0 Å². The van der Waals surface area contributed by atoms with E-state index in [-0.39, 0.29) is 5.91 Å². The quantitative estimate of drug-likeness (QED) is 0.657. The summed E-state index contributed by atoms with van der Waals surface area (Å²) in [6.45, 7) is 2.72. The van der Waals surface area contributed by atoms with Crippen molar-refractivity contribution in [3.8, 4) is 0 Å². The van der Waals surface area contributed by atoms with Gasteiger partial charge in [-0.05, 0) is 13.3 Å². The van der Waals surface area contributed by atoms with Gasteiger partial charge in [-0.15, -0.1) is 0 Å². The SMILES string of the molecule is Cc1nc(Cl)c2n1CCCC(=O)N2C. The van der Waals surface area contributed by atoms with Gasteiger partial charge in [0.1, 0.15) is 5.82 Å². The monoisotopic (exact) mass is 213 g/mol. The first-order chi connectivity index (χ1) is 6.61. The maximum Gasteiger partial charge on any atom is 0.227 e. The number of carbonyl (C=O) groups excluding carboxylic acids is 1. The largest absolute Gasteiger partial charge is 0.313 e. The molecule has 0 bridgehead atoms. The van der Waals surface area contributed by atoms with E-state index in [9.17, 15) is 4.79 Å². The van der Waals surface area contributed by atoms with Gasteiger partial charge in [0.15, 0.2) is 11.0 Å². The summed E-state index contributed by atoms with van der Waals surface area (Å²) in [5, 5.41) is 0.417. The van der Waals surface area contributed by atoms with Crippen molar-refractivity contribution in [2.45, 2.75) is 26.3 Å². The van der Waals surface area contributed by atoms with Crippen LogP contribution in [-0.4, -0.2) is 22.5 Å². The number of aromatic nitrogens is 2. The van der Waals surface area contributed by atoms with Gasteiger partial charge in [-0.25, -0.2) is 4.98 Å². The summed E-state index contributed by atoms with van der Waals surface area (Å²) >= 11 is 5.97. The average Bonchev–Trinajstić information content (AvgIpc) is 2.29. The van der Waals surface area contributed by atoms with Crippen molar-refractivity contribution in [1.82, 2.24) is 9.55 Å². The lowest BCUT2D eigenvalue weighted by Crippen LogP contribution is -2.25. The minimum Gasteiger partial charge on any atom is -0.313 e. The number of hydrogen-bond acceptors (Lipinski definition) is 2. The molecule has 5 heteroatoms. The minimum atomic E-state index is 0.102. The number of carbonyl (C=O) groups is 1. The summed E-state index contributed by atoms with van der Waals surface area (Å²) in [6, 6.07) is 0. The van der Waals surface area contributed by atoms with Crippen molar-refractivity contribution < 1.29 is 4.79 Å². The lowest BCUT2D eigenvalue weighted by Gasteiger charge is -2.15. The fourth-order valence-electron chi connectivity index (χ4n) is 1.78. The Hall–Kier alpha value is -1.03. The van der Waals surface area contributed by atoms with E-state index in [2.05, 4.69) is 4.98 Å². The van der Waals surface area contributed by atoms with E-state index in [4.69, 9.17) is 11.6 Å². The lowest BCUT2D eigenvalue weighted by molar-refractivity contribution is -0.118. The van der Waals surface area contributed by atoms with E-state index in [1.807, 2.05) is 11.5 Å². The van der Waals surface area contributed by atoms with E-state index < -0.39 is 0 Å². The molecule has 1 aliphatic rings. The molecule has 0 unspecified atom stereocenters. The number of halogens is 1. The van der Waals surface area contributed by atoms with Crippen molar-refractivity contribution >= 4 is 23.3 Å². The second-order valence-corrected chi connectivity index (χ2v) is 3.84. The Labute approximate surface area is 87.5 Å². The van der Waals surface area contributed by atoms with Crippen LogP contribution in [0.1, 0.15) is 18.7 Å². The third-order valence-corrected chi connectivity index (χ3v) is 2.81. The number of anilines is 1. The van der Waals surface area contributed by atoms with Crippen LogP contribution in [0.2, 0.25) is 5.15 Å². The molecule has 1 aromatic rings. The number of rotatable bonds is 0. The first-order valence-corrected chi connectivity index (χ1v) is 4.98. The molecular weight excluding hydrogens is 202 g/mol. The van der Waals surface area contributed by atoms with Gasteiger partial charge in [0.25, 0.3) is 0 Å². The highest BCUT2D eigenvalue weighted by atomic mass is 35.5. The van der Waals surface area contributed by atoms with Gasteiger partial charge >= 0.3 is 0 Å². The Morgan fingerprint density at radius 2 is 2.21 bits per heavy atom. The summed E-state index contributed by atoms with van der Waals surface area (Å²) < 4.78 is 1.99. The molecule has 0 radical (unpaired) electrons. The lowest BCUT2D eigenvalue weighted by atomic mass is 10.3. The highest BCUT2D eigenvalue weighted by Gasteiger charge is 2.24. The number of nitrogens with zero attached hydrogens (tertiary/aromatic N) is 3. The third kappa shape index (κ3) is 1.30. The van der Waals surface area contributed by atoms with Crippen molar-refractivity contribution in [2.24, 2.45) is 0 Å². The Bertz CT molecular complexity index is 386. The highest BCUT2D eigenvalue weighted by molar-refractivity contribution is 6.32. The summed E-state index contributed by atoms with van der Waals surface area (Å²) in [5.41, 5.74) is 0. The second kappa shape index (κ2) is 3.28. The molecule has 1 amide bonds. The van der Waals surface area contributed by atoms with E-state index in [0.29, 0.717) is 11.6 Å². The molecule has 2 heterocycles. The Morgan fingerprint density at radius 3 is 2.93 bits per heavy atom. The van der Waals surface area contributed by atoms with Gasteiger partial charge in [0.2, 0.25) is 5.91 Å². The van der Waals surface area contributed by atoms with Crippen molar-refractivity contribution in [2.75, 3.05) is 11.9 Å². The van der Waals surface area contributed by atoms with Crippen LogP contribution < -0.4 is 4.90 Å². The normalized spacial score (nSPS) is 16.8. The molecule has 14 heavy (non-hydrogen) atoms. The van der Waals surface area contributed by atoms with Gasteiger partial charge in [0.05, 0.1) is 0 Å². The minimum absolute atomic E-state index is 0.102. The molecule has 0 atom stereocenters. The highest BCUT2D eigenvalue weighted by Crippen LogP contribution is 2.29. The van der Waals surface area contributed by atoms with E-state index in [1.165, 1.54) is 0 Å². The van der Waals surface area contributed by atoms with Gasteiger partial charge in [-0.3, -0.25) is 9.69 Å². The summed E-state index contributed by atoms with van der Waals surface area (Å²) in [6.07, 6.45) is 1.43.